The van der Waals surface area contributed by atoms with Gasteiger partial charge in [0.2, 0.25) is 0 Å². The van der Waals surface area contributed by atoms with Gasteiger partial charge in [0, 0.05) is 67.4 Å². The molecular formula is C32H42N4O3. The lowest BCUT2D eigenvalue weighted by molar-refractivity contribution is -0.606. The van der Waals surface area contributed by atoms with E-state index in [1.165, 1.54) is 28.7 Å². The number of amides is 1. The molecule has 7 nitrogen and oxygen atoms in total. The predicted molar refractivity (Wildman–Crippen MR) is 155 cm³/mol. The summed E-state index contributed by atoms with van der Waals surface area (Å²) < 4.78 is 6.67. The normalized spacial score (nSPS) is 20.3. The van der Waals surface area contributed by atoms with E-state index in [1.54, 1.807) is 0 Å². The second kappa shape index (κ2) is 11.1. The van der Waals surface area contributed by atoms with Crippen molar-refractivity contribution in [3.63, 3.8) is 0 Å². The average Bonchev–Trinajstić information content (AvgIpc) is 2.91. The summed E-state index contributed by atoms with van der Waals surface area (Å²) in [6.45, 7) is 16.6. The Labute approximate surface area is 232 Å². The van der Waals surface area contributed by atoms with Crippen LogP contribution in [0.15, 0.2) is 48.8 Å². The van der Waals surface area contributed by atoms with Crippen LogP contribution in [0.2, 0.25) is 0 Å². The van der Waals surface area contributed by atoms with Gasteiger partial charge in [0.1, 0.15) is 5.75 Å². The van der Waals surface area contributed by atoms with Crippen molar-refractivity contribution >= 4 is 16.7 Å². The third-order valence-corrected chi connectivity index (χ3v) is 8.95. The van der Waals surface area contributed by atoms with Crippen LogP contribution >= 0.6 is 0 Å². The Bertz CT molecular complexity index is 1330. The number of benzene rings is 2. The SMILES string of the molecule is CCOc1ccc(CN2CCN(C3(C)CCN(C(=O)c4c(C)c[n+]([O-])cc4C)CC3)C[C@@H]2C)c2ccccc12. The topological polar surface area (TPSA) is 63.0 Å². The Morgan fingerprint density at radius 1 is 1.03 bits per heavy atom. The molecule has 208 valence electrons. The molecule has 39 heavy (non-hydrogen) atoms. The zero-order valence-corrected chi connectivity index (χ0v) is 24.1. The standard InChI is InChI=1S/C32H42N4O3/c1-6-39-29-12-11-26(27-9-7-8-10-28(27)29)22-34-17-18-35(21-25(34)4)32(5)13-15-33(16-14-32)31(37)30-23(2)19-36(38)20-24(30)3/h7-12,19-20,25H,6,13-18,21-22H2,1-5H3/t25-/m0/s1. The third-order valence-electron chi connectivity index (χ3n) is 8.95. The minimum atomic E-state index is 0.0495. The molecule has 2 saturated heterocycles. The second-order valence-electron chi connectivity index (χ2n) is 11.6. The number of fused-ring (bicyclic) bond motifs is 1. The molecule has 1 atom stereocenters. The summed E-state index contributed by atoms with van der Waals surface area (Å²) in [6, 6.07) is 13.3. The number of nitrogens with zero attached hydrogens (tertiary/aromatic N) is 4. The first kappa shape index (κ1) is 27.4. The molecule has 5 rings (SSSR count). The zero-order valence-electron chi connectivity index (χ0n) is 24.1. The molecule has 2 aliphatic heterocycles. The molecule has 0 spiro atoms. The van der Waals surface area contributed by atoms with Gasteiger partial charge in [-0.2, -0.15) is 4.73 Å². The van der Waals surface area contributed by atoms with E-state index in [-0.39, 0.29) is 11.4 Å². The van der Waals surface area contributed by atoms with Crippen molar-refractivity contribution in [1.82, 2.24) is 14.7 Å². The van der Waals surface area contributed by atoms with Crippen LogP contribution in [0, 0.1) is 19.1 Å². The highest BCUT2D eigenvalue weighted by Gasteiger charge is 2.40. The lowest BCUT2D eigenvalue weighted by Crippen LogP contribution is -2.61. The van der Waals surface area contributed by atoms with E-state index in [0.29, 0.717) is 18.2 Å². The number of hydrogen-bond donors (Lipinski definition) is 0. The van der Waals surface area contributed by atoms with Gasteiger partial charge < -0.3 is 14.8 Å². The van der Waals surface area contributed by atoms with Crippen LogP contribution in [0.5, 0.6) is 5.75 Å². The lowest BCUT2D eigenvalue weighted by Gasteiger charge is -2.51. The van der Waals surface area contributed by atoms with Gasteiger partial charge in [0.05, 0.1) is 12.2 Å². The molecule has 2 aromatic carbocycles. The number of pyridine rings is 1. The molecule has 0 bridgehead atoms. The number of carbonyl (C=O) groups is 1. The van der Waals surface area contributed by atoms with Gasteiger partial charge >= 0.3 is 0 Å². The Hall–Kier alpha value is -3.16. The molecule has 0 N–H and O–H groups in total. The molecule has 1 amide bonds. The van der Waals surface area contributed by atoms with Gasteiger partial charge in [0.25, 0.3) is 5.91 Å². The van der Waals surface area contributed by atoms with Crippen LogP contribution < -0.4 is 9.47 Å². The number of aryl methyl sites for hydroxylation is 2. The quantitative estimate of drug-likeness (QED) is 0.342. The molecule has 0 saturated carbocycles. The molecule has 1 aromatic heterocycles. The molecule has 0 radical (unpaired) electrons. The van der Waals surface area contributed by atoms with Crippen molar-refractivity contribution in [3.05, 3.63) is 76.3 Å². The van der Waals surface area contributed by atoms with Gasteiger partial charge in [0.15, 0.2) is 12.4 Å². The molecule has 0 aliphatic carbocycles. The van der Waals surface area contributed by atoms with Gasteiger partial charge in [-0.3, -0.25) is 14.6 Å². The number of piperidine rings is 1. The fraction of sp³-hybridized carbons (Fsp3) is 0.500. The van der Waals surface area contributed by atoms with Crippen LogP contribution in [0.25, 0.3) is 10.8 Å². The maximum atomic E-state index is 13.3. The number of hydrogen-bond acceptors (Lipinski definition) is 5. The van der Waals surface area contributed by atoms with E-state index in [4.69, 9.17) is 4.74 Å². The minimum Gasteiger partial charge on any atom is -0.619 e. The summed E-state index contributed by atoms with van der Waals surface area (Å²) in [6.07, 6.45) is 4.90. The van der Waals surface area contributed by atoms with Crippen LogP contribution in [-0.2, 0) is 6.54 Å². The highest BCUT2D eigenvalue weighted by atomic mass is 16.5. The number of ether oxygens (including phenoxy) is 1. The first-order valence-corrected chi connectivity index (χ1v) is 14.3. The van der Waals surface area contributed by atoms with Gasteiger partial charge in [-0.05, 0) is 64.5 Å². The maximum Gasteiger partial charge on any atom is 0.254 e. The molecule has 3 heterocycles. The van der Waals surface area contributed by atoms with E-state index in [1.807, 2.05) is 25.7 Å². The Kier molecular flexibility index (Phi) is 7.83. The number of rotatable bonds is 6. The van der Waals surface area contributed by atoms with E-state index < -0.39 is 0 Å². The van der Waals surface area contributed by atoms with Crippen LogP contribution in [-0.4, -0.2) is 71.5 Å². The van der Waals surface area contributed by atoms with Gasteiger partial charge in [-0.1, -0.05) is 30.3 Å². The van der Waals surface area contributed by atoms with E-state index in [9.17, 15) is 10.0 Å². The second-order valence-corrected chi connectivity index (χ2v) is 11.6. The summed E-state index contributed by atoms with van der Waals surface area (Å²) in [5.74, 6) is 1.01. The smallest absolute Gasteiger partial charge is 0.254 e. The highest BCUT2D eigenvalue weighted by molar-refractivity contribution is 5.96. The van der Waals surface area contributed by atoms with Crippen molar-refractivity contribution in [2.24, 2.45) is 0 Å². The van der Waals surface area contributed by atoms with Crippen molar-refractivity contribution < 1.29 is 14.3 Å². The van der Waals surface area contributed by atoms with Crippen molar-refractivity contribution in [3.8, 4) is 5.75 Å². The third kappa shape index (κ3) is 5.48. The largest absolute Gasteiger partial charge is 0.619 e. The summed E-state index contributed by atoms with van der Waals surface area (Å²) in [5, 5.41) is 14.2. The van der Waals surface area contributed by atoms with Crippen molar-refractivity contribution in [2.45, 2.75) is 65.6 Å². The fourth-order valence-corrected chi connectivity index (χ4v) is 6.55. The summed E-state index contributed by atoms with van der Waals surface area (Å²) in [7, 11) is 0. The number of piperazine rings is 1. The van der Waals surface area contributed by atoms with Gasteiger partial charge in [-0.15, -0.1) is 0 Å². The van der Waals surface area contributed by atoms with Crippen molar-refractivity contribution in [1.29, 1.82) is 0 Å². The predicted octanol–water partition coefficient (Wildman–Crippen LogP) is 4.69. The maximum absolute atomic E-state index is 13.3. The average molecular weight is 531 g/mol. The van der Waals surface area contributed by atoms with Gasteiger partial charge in [-0.25, -0.2) is 0 Å². The lowest BCUT2D eigenvalue weighted by atomic mass is 9.86. The Balaban J connectivity index is 1.22. The molecule has 7 heteroatoms. The monoisotopic (exact) mass is 530 g/mol. The van der Waals surface area contributed by atoms with Crippen LogP contribution in [0.4, 0.5) is 0 Å². The zero-order chi connectivity index (χ0) is 27.7. The van der Waals surface area contributed by atoms with Crippen LogP contribution in [0.3, 0.4) is 0 Å². The highest BCUT2D eigenvalue weighted by Crippen LogP contribution is 2.33. The van der Waals surface area contributed by atoms with E-state index >= 15 is 0 Å². The molecule has 3 aromatic rings. The fourth-order valence-electron chi connectivity index (χ4n) is 6.55. The van der Waals surface area contributed by atoms with Crippen molar-refractivity contribution in [2.75, 3.05) is 39.3 Å². The Morgan fingerprint density at radius 2 is 1.69 bits per heavy atom. The number of aromatic nitrogens is 1. The first-order chi connectivity index (χ1) is 18.7. The molecular weight excluding hydrogens is 488 g/mol. The van der Waals surface area contributed by atoms with E-state index in [0.717, 1.165) is 73.7 Å². The summed E-state index contributed by atoms with van der Waals surface area (Å²) in [4.78, 5) is 20.6. The van der Waals surface area contributed by atoms with E-state index in [2.05, 4.69) is 60.0 Å². The molecule has 0 unspecified atom stereocenters. The number of likely N-dealkylation sites (tertiary alicyclic amines) is 1. The number of carbonyl (C=O) groups excluding carboxylic acids is 1. The first-order valence-electron chi connectivity index (χ1n) is 14.3. The minimum absolute atomic E-state index is 0.0495. The Morgan fingerprint density at radius 3 is 2.33 bits per heavy atom. The molecule has 2 fully saturated rings. The summed E-state index contributed by atoms with van der Waals surface area (Å²) >= 11 is 0. The van der Waals surface area contributed by atoms with Crippen LogP contribution in [0.1, 0.15) is 60.7 Å². The summed E-state index contributed by atoms with van der Waals surface area (Å²) in [5.41, 5.74) is 3.60. The molecule has 2 aliphatic rings.